The summed E-state index contributed by atoms with van der Waals surface area (Å²) < 4.78 is 16.0. The summed E-state index contributed by atoms with van der Waals surface area (Å²) in [6.07, 6.45) is 1.78. The molecule has 0 aliphatic carbocycles. The van der Waals surface area contributed by atoms with Crippen molar-refractivity contribution in [2.24, 2.45) is 0 Å². The fourth-order valence-electron chi connectivity index (χ4n) is 2.20. The number of rotatable bonds is 4. The average molecular weight is 267 g/mol. The van der Waals surface area contributed by atoms with Crippen molar-refractivity contribution in [1.82, 2.24) is 4.98 Å². The van der Waals surface area contributed by atoms with E-state index in [0.29, 0.717) is 18.2 Å². The molecule has 1 fully saturated rings. The maximum atomic E-state index is 11.9. The van der Waals surface area contributed by atoms with Crippen molar-refractivity contribution in [3.63, 3.8) is 0 Å². The lowest BCUT2D eigenvalue weighted by Crippen LogP contribution is -2.14. The van der Waals surface area contributed by atoms with Crippen molar-refractivity contribution in [3.05, 3.63) is 17.3 Å². The summed E-state index contributed by atoms with van der Waals surface area (Å²) in [6, 6.07) is 0. The molecule has 0 atom stereocenters. The highest BCUT2D eigenvalue weighted by Gasteiger charge is 2.28. The number of carbonyl (C=O) groups excluding carboxylic acids is 1. The molecule has 2 rings (SSSR count). The predicted octanol–water partition coefficient (Wildman–Crippen LogP) is 2.87. The molecule has 5 nitrogen and oxygen atoms in total. The molecule has 0 radical (unpaired) electrons. The van der Waals surface area contributed by atoms with E-state index in [9.17, 15) is 4.79 Å². The van der Waals surface area contributed by atoms with Gasteiger partial charge in [-0.2, -0.15) is 0 Å². The number of esters is 1. The van der Waals surface area contributed by atoms with E-state index in [0.717, 1.165) is 26.1 Å². The molecule has 0 spiro atoms. The summed E-state index contributed by atoms with van der Waals surface area (Å²) >= 11 is 0. The van der Waals surface area contributed by atoms with Gasteiger partial charge in [0.25, 0.3) is 0 Å². The maximum absolute atomic E-state index is 11.9. The number of oxazole rings is 1. The van der Waals surface area contributed by atoms with Gasteiger partial charge in [0.15, 0.2) is 5.89 Å². The van der Waals surface area contributed by atoms with Crippen molar-refractivity contribution >= 4 is 5.97 Å². The van der Waals surface area contributed by atoms with Crippen molar-refractivity contribution in [2.45, 2.75) is 45.4 Å². The van der Waals surface area contributed by atoms with Crippen LogP contribution in [0.1, 0.15) is 67.6 Å². The van der Waals surface area contributed by atoms with Crippen LogP contribution < -0.4 is 0 Å². The third kappa shape index (κ3) is 3.15. The minimum atomic E-state index is -0.419. The Morgan fingerprint density at radius 2 is 2.11 bits per heavy atom. The highest BCUT2D eigenvalue weighted by atomic mass is 16.5. The molecule has 0 saturated carbocycles. The zero-order chi connectivity index (χ0) is 13.8. The van der Waals surface area contributed by atoms with Gasteiger partial charge in [0.2, 0.25) is 5.76 Å². The second-order valence-electron chi connectivity index (χ2n) is 5.03. The molecule has 1 aromatic rings. The monoisotopic (exact) mass is 267 g/mol. The Labute approximate surface area is 113 Å². The quantitative estimate of drug-likeness (QED) is 0.785. The minimum Gasteiger partial charge on any atom is -0.460 e. The summed E-state index contributed by atoms with van der Waals surface area (Å²) in [6.45, 7) is 7.55. The van der Waals surface area contributed by atoms with Crippen LogP contribution in [0.5, 0.6) is 0 Å². The van der Waals surface area contributed by atoms with Crippen molar-refractivity contribution in [1.29, 1.82) is 0 Å². The molecule has 106 valence electrons. The smallest absolute Gasteiger partial charge is 0.376 e. The fraction of sp³-hybridized carbons (Fsp3) is 0.714. The van der Waals surface area contributed by atoms with Crippen LogP contribution >= 0.6 is 0 Å². The van der Waals surface area contributed by atoms with Gasteiger partial charge < -0.3 is 13.9 Å². The Hall–Kier alpha value is -1.36. The summed E-state index contributed by atoms with van der Waals surface area (Å²) in [5, 5.41) is 0. The van der Waals surface area contributed by atoms with Crippen molar-refractivity contribution in [2.75, 3.05) is 19.8 Å². The van der Waals surface area contributed by atoms with Crippen molar-refractivity contribution in [3.8, 4) is 0 Å². The van der Waals surface area contributed by atoms with E-state index in [4.69, 9.17) is 13.9 Å². The van der Waals surface area contributed by atoms with E-state index in [-0.39, 0.29) is 17.6 Å². The van der Waals surface area contributed by atoms with E-state index >= 15 is 0 Å². The molecule has 0 amide bonds. The molecule has 0 N–H and O–H groups in total. The normalized spacial score (nSPS) is 16.8. The topological polar surface area (TPSA) is 61.6 Å². The van der Waals surface area contributed by atoms with Crippen LogP contribution in [0.3, 0.4) is 0 Å². The van der Waals surface area contributed by atoms with Crippen molar-refractivity contribution < 1.29 is 18.7 Å². The number of nitrogens with zero attached hydrogens (tertiary/aromatic N) is 1. The third-order valence-corrected chi connectivity index (χ3v) is 3.25. The molecule has 1 aliphatic heterocycles. The first-order valence-electron chi connectivity index (χ1n) is 6.89. The lowest BCUT2D eigenvalue weighted by molar-refractivity contribution is 0.0479. The Morgan fingerprint density at radius 3 is 2.68 bits per heavy atom. The summed E-state index contributed by atoms with van der Waals surface area (Å²) in [4.78, 5) is 16.4. The largest absolute Gasteiger partial charge is 0.460 e. The second kappa shape index (κ2) is 6.19. The van der Waals surface area contributed by atoms with E-state index in [2.05, 4.69) is 4.98 Å². The standard InChI is InChI=1S/C14H21NO4/c1-4-18-14(16)12-11(9(2)3)15-13(19-12)10-5-7-17-8-6-10/h9-10H,4-8H2,1-3H3. The zero-order valence-corrected chi connectivity index (χ0v) is 11.8. The Kier molecular flexibility index (Phi) is 4.58. The van der Waals surface area contributed by atoms with Gasteiger partial charge in [-0.05, 0) is 25.7 Å². The maximum Gasteiger partial charge on any atom is 0.376 e. The van der Waals surface area contributed by atoms with Crippen LogP contribution in [0.15, 0.2) is 4.42 Å². The summed E-state index contributed by atoms with van der Waals surface area (Å²) in [5.41, 5.74) is 0.694. The highest BCUT2D eigenvalue weighted by molar-refractivity contribution is 5.87. The van der Waals surface area contributed by atoms with Crippen LogP contribution in [-0.2, 0) is 9.47 Å². The first-order chi connectivity index (χ1) is 9.13. The average Bonchev–Trinajstić information content (AvgIpc) is 2.85. The number of ether oxygens (including phenoxy) is 2. The first-order valence-corrected chi connectivity index (χ1v) is 6.89. The first kappa shape index (κ1) is 14.1. The second-order valence-corrected chi connectivity index (χ2v) is 5.03. The van der Waals surface area contributed by atoms with Gasteiger partial charge in [-0.15, -0.1) is 0 Å². The molecule has 5 heteroatoms. The fourth-order valence-corrected chi connectivity index (χ4v) is 2.20. The van der Waals surface area contributed by atoms with Crippen LogP contribution in [0, 0.1) is 0 Å². The molecule has 1 aromatic heterocycles. The summed E-state index contributed by atoms with van der Waals surface area (Å²) in [5.74, 6) is 0.872. The Morgan fingerprint density at radius 1 is 1.42 bits per heavy atom. The Bertz CT molecular complexity index is 433. The van der Waals surface area contributed by atoms with Crippen LogP contribution in [0.25, 0.3) is 0 Å². The van der Waals surface area contributed by atoms with Gasteiger partial charge in [0, 0.05) is 19.1 Å². The minimum absolute atomic E-state index is 0.136. The zero-order valence-electron chi connectivity index (χ0n) is 11.8. The molecular formula is C14H21NO4. The summed E-state index contributed by atoms with van der Waals surface area (Å²) in [7, 11) is 0. The lowest BCUT2D eigenvalue weighted by Gasteiger charge is -2.18. The van der Waals surface area contributed by atoms with Gasteiger partial charge in [-0.3, -0.25) is 0 Å². The molecule has 0 unspecified atom stereocenters. The van der Waals surface area contributed by atoms with Gasteiger partial charge in [0.1, 0.15) is 0 Å². The number of hydrogen-bond donors (Lipinski definition) is 0. The van der Waals surface area contributed by atoms with E-state index in [1.165, 1.54) is 0 Å². The Balaban J connectivity index is 2.26. The van der Waals surface area contributed by atoms with Gasteiger partial charge >= 0.3 is 5.97 Å². The van der Waals surface area contributed by atoms with Crippen LogP contribution in [-0.4, -0.2) is 30.8 Å². The molecule has 0 bridgehead atoms. The van der Waals surface area contributed by atoms with Gasteiger partial charge in [0.05, 0.1) is 12.3 Å². The SMILES string of the molecule is CCOC(=O)c1oc(C2CCOCC2)nc1C(C)C. The van der Waals surface area contributed by atoms with Crippen LogP contribution in [0.4, 0.5) is 0 Å². The lowest BCUT2D eigenvalue weighted by atomic mass is 10.0. The number of carbonyl (C=O) groups is 1. The van der Waals surface area contributed by atoms with Crippen LogP contribution in [0.2, 0.25) is 0 Å². The molecular weight excluding hydrogens is 246 g/mol. The predicted molar refractivity (Wildman–Crippen MR) is 69.3 cm³/mol. The number of hydrogen-bond acceptors (Lipinski definition) is 5. The van der Waals surface area contributed by atoms with Gasteiger partial charge in [-0.1, -0.05) is 13.8 Å². The number of aromatic nitrogens is 1. The molecule has 1 saturated heterocycles. The highest BCUT2D eigenvalue weighted by Crippen LogP contribution is 2.30. The van der Waals surface area contributed by atoms with E-state index < -0.39 is 5.97 Å². The third-order valence-electron chi connectivity index (χ3n) is 3.25. The van der Waals surface area contributed by atoms with E-state index in [1.54, 1.807) is 6.92 Å². The molecule has 19 heavy (non-hydrogen) atoms. The molecule has 2 heterocycles. The van der Waals surface area contributed by atoms with E-state index in [1.807, 2.05) is 13.8 Å². The molecule has 0 aromatic carbocycles. The van der Waals surface area contributed by atoms with Gasteiger partial charge in [-0.25, -0.2) is 9.78 Å². The molecule has 1 aliphatic rings.